The van der Waals surface area contributed by atoms with E-state index in [4.69, 9.17) is 14.6 Å². The number of rotatable bonds is 6. The van der Waals surface area contributed by atoms with Gasteiger partial charge in [-0.15, -0.1) is 0 Å². The standard InChI is InChI=1S/C17H20N2O3/c1-19(9-10-20)15-7-5-14(6-8-15)18-11-13-3-2-4-16-17(13)22-12-21-16/h2-8,18,20H,9-12H2,1H3. The molecule has 0 fully saturated rings. The molecule has 3 rings (SSSR count). The first-order valence-corrected chi connectivity index (χ1v) is 7.31. The van der Waals surface area contributed by atoms with E-state index in [1.165, 1.54) is 0 Å². The predicted octanol–water partition coefficient (Wildman–Crippen LogP) is 2.46. The van der Waals surface area contributed by atoms with Crippen LogP contribution < -0.4 is 19.7 Å². The van der Waals surface area contributed by atoms with Crippen LogP contribution in [0.2, 0.25) is 0 Å². The van der Waals surface area contributed by atoms with Gasteiger partial charge in [0, 0.05) is 37.1 Å². The average Bonchev–Trinajstić information content (AvgIpc) is 3.03. The average molecular weight is 300 g/mol. The number of aliphatic hydroxyl groups is 1. The van der Waals surface area contributed by atoms with Gasteiger partial charge in [-0.2, -0.15) is 0 Å². The summed E-state index contributed by atoms with van der Waals surface area (Å²) in [6, 6.07) is 14.0. The number of ether oxygens (including phenoxy) is 2. The lowest BCUT2D eigenvalue weighted by Gasteiger charge is -2.18. The van der Waals surface area contributed by atoms with Gasteiger partial charge in [-0.3, -0.25) is 0 Å². The van der Waals surface area contributed by atoms with Crippen LogP contribution in [0.5, 0.6) is 11.5 Å². The summed E-state index contributed by atoms with van der Waals surface area (Å²) >= 11 is 0. The van der Waals surface area contributed by atoms with E-state index in [0.29, 0.717) is 13.1 Å². The van der Waals surface area contributed by atoms with Crippen molar-refractivity contribution in [1.29, 1.82) is 0 Å². The fourth-order valence-electron chi connectivity index (χ4n) is 2.44. The van der Waals surface area contributed by atoms with E-state index in [-0.39, 0.29) is 13.4 Å². The molecule has 1 heterocycles. The van der Waals surface area contributed by atoms with Crippen LogP contribution in [-0.4, -0.2) is 32.1 Å². The third-order valence-electron chi connectivity index (χ3n) is 3.70. The maximum atomic E-state index is 8.96. The molecule has 0 aliphatic carbocycles. The van der Waals surface area contributed by atoms with E-state index in [0.717, 1.165) is 28.4 Å². The fraction of sp³-hybridized carbons (Fsp3) is 0.294. The second-order valence-electron chi connectivity index (χ2n) is 5.20. The Kier molecular flexibility index (Phi) is 4.34. The van der Waals surface area contributed by atoms with Crippen LogP contribution in [0.1, 0.15) is 5.56 Å². The van der Waals surface area contributed by atoms with Crippen molar-refractivity contribution in [1.82, 2.24) is 0 Å². The van der Waals surface area contributed by atoms with Crippen LogP contribution in [0.3, 0.4) is 0 Å². The van der Waals surface area contributed by atoms with Gasteiger partial charge in [0.15, 0.2) is 11.5 Å². The largest absolute Gasteiger partial charge is 0.454 e. The molecule has 2 N–H and O–H groups in total. The second kappa shape index (κ2) is 6.58. The lowest BCUT2D eigenvalue weighted by Crippen LogP contribution is -2.20. The zero-order valence-electron chi connectivity index (χ0n) is 12.6. The molecular weight excluding hydrogens is 280 g/mol. The Bertz CT molecular complexity index is 628. The summed E-state index contributed by atoms with van der Waals surface area (Å²) < 4.78 is 10.9. The Labute approximate surface area is 130 Å². The number of benzene rings is 2. The van der Waals surface area contributed by atoms with Crippen LogP contribution in [0.4, 0.5) is 11.4 Å². The van der Waals surface area contributed by atoms with E-state index in [2.05, 4.69) is 5.32 Å². The molecule has 0 atom stereocenters. The molecule has 0 spiro atoms. The molecule has 0 aromatic heterocycles. The van der Waals surface area contributed by atoms with Crippen LogP contribution in [0.15, 0.2) is 42.5 Å². The van der Waals surface area contributed by atoms with Crippen molar-refractivity contribution in [3.05, 3.63) is 48.0 Å². The molecule has 1 aliphatic heterocycles. The Balaban J connectivity index is 1.64. The summed E-state index contributed by atoms with van der Waals surface area (Å²) in [4.78, 5) is 2.01. The van der Waals surface area contributed by atoms with Crippen molar-refractivity contribution in [2.75, 3.05) is 37.2 Å². The predicted molar refractivity (Wildman–Crippen MR) is 86.7 cm³/mol. The molecule has 5 heteroatoms. The molecule has 0 saturated carbocycles. The Morgan fingerprint density at radius 1 is 1.14 bits per heavy atom. The second-order valence-corrected chi connectivity index (χ2v) is 5.20. The zero-order valence-corrected chi connectivity index (χ0v) is 12.6. The first kappa shape index (κ1) is 14.5. The van der Waals surface area contributed by atoms with Gasteiger partial charge >= 0.3 is 0 Å². The monoisotopic (exact) mass is 300 g/mol. The molecule has 2 aromatic carbocycles. The fourth-order valence-corrected chi connectivity index (χ4v) is 2.44. The number of hydrogen-bond acceptors (Lipinski definition) is 5. The highest BCUT2D eigenvalue weighted by molar-refractivity contribution is 5.56. The minimum Gasteiger partial charge on any atom is -0.454 e. The van der Waals surface area contributed by atoms with Crippen molar-refractivity contribution in [3.63, 3.8) is 0 Å². The molecular formula is C17H20N2O3. The first-order valence-electron chi connectivity index (χ1n) is 7.31. The van der Waals surface area contributed by atoms with Gasteiger partial charge in [0.1, 0.15) is 0 Å². The minimum absolute atomic E-state index is 0.150. The Morgan fingerprint density at radius 2 is 1.95 bits per heavy atom. The molecule has 0 amide bonds. The molecule has 5 nitrogen and oxygen atoms in total. The number of hydrogen-bond donors (Lipinski definition) is 2. The normalized spacial score (nSPS) is 12.3. The van der Waals surface area contributed by atoms with Gasteiger partial charge in [0.25, 0.3) is 0 Å². The highest BCUT2D eigenvalue weighted by Crippen LogP contribution is 2.35. The number of para-hydroxylation sites is 1. The third kappa shape index (κ3) is 3.09. The summed E-state index contributed by atoms with van der Waals surface area (Å²) in [5, 5.41) is 12.3. The Morgan fingerprint density at radius 3 is 2.73 bits per heavy atom. The minimum atomic E-state index is 0.150. The van der Waals surface area contributed by atoms with Crippen LogP contribution in [0, 0.1) is 0 Å². The van der Waals surface area contributed by atoms with Crippen molar-refractivity contribution < 1.29 is 14.6 Å². The zero-order chi connectivity index (χ0) is 15.4. The van der Waals surface area contributed by atoms with Crippen molar-refractivity contribution >= 4 is 11.4 Å². The van der Waals surface area contributed by atoms with Crippen molar-refractivity contribution in [2.24, 2.45) is 0 Å². The lowest BCUT2D eigenvalue weighted by atomic mass is 10.2. The molecule has 116 valence electrons. The summed E-state index contributed by atoms with van der Waals surface area (Å²) in [5.41, 5.74) is 3.20. The van der Waals surface area contributed by atoms with Gasteiger partial charge < -0.3 is 24.8 Å². The molecule has 22 heavy (non-hydrogen) atoms. The maximum absolute atomic E-state index is 8.96. The number of nitrogens with zero attached hydrogens (tertiary/aromatic N) is 1. The number of anilines is 2. The topological polar surface area (TPSA) is 54.0 Å². The van der Waals surface area contributed by atoms with Crippen molar-refractivity contribution in [2.45, 2.75) is 6.54 Å². The lowest BCUT2D eigenvalue weighted by molar-refractivity contribution is 0.173. The molecule has 0 bridgehead atoms. The molecule has 0 saturated heterocycles. The van der Waals surface area contributed by atoms with Crippen LogP contribution in [-0.2, 0) is 6.54 Å². The molecule has 0 radical (unpaired) electrons. The van der Waals surface area contributed by atoms with E-state index in [1.807, 2.05) is 54.4 Å². The van der Waals surface area contributed by atoms with E-state index in [1.54, 1.807) is 0 Å². The van der Waals surface area contributed by atoms with Crippen LogP contribution in [0.25, 0.3) is 0 Å². The van der Waals surface area contributed by atoms with E-state index < -0.39 is 0 Å². The first-order chi connectivity index (χ1) is 10.8. The molecule has 1 aliphatic rings. The third-order valence-corrected chi connectivity index (χ3v) is 3.70. The van der Waals surface area contributed by atoms with Gasteiger partial charge in [-0.25, -0.2) is 0 Å². The van der Waals surface area contributed by atoms with Gasteiger partial charge in [-0.1, -0.05) is 12.1 Å². The summed E-state index contributed by atoms with van der Waals surface area (Å²) in [6.07, 6.45) is 0. The van der Waals surface area contributed by atoms with Gasteiger partial charge in [0.2, 0.25) is 6.79 Å². The molecule has 0 unspecified atom stereocenters. The number of aliphatic hydroxyl groups excluding tert-OH is 1. The Hall–Kier alpha value is -2.40. The van der Waals surface area contributed by atoms with E-state index in [9.17, 15) is 0 Å². The summed E-state index contributed by atoms with van der Waals surface area (Å²) in [5.74, 6) is 1.63. The number of likely N-dealkylation sites (N-methyl/N-ethyl adjacent to an activating group) is 1. The van der Waals surface area contributed by atoms with Crippen molar-refractivity contribution in [3.8, 4) is 11.5 Å². The SMILES string of the molecule is CN(CCO)c1ccc(NCc2cccc3c2OCO3)cc1. The van der Waals surface area contributed by atoms with E-state index >= 15 is 0 Å². The summed E-state index contributed by atoms with van der Waals surface area (Å²) in [7, 11) is 1.96. The van der Waals surface area contributed by atoms with Crippen LogP contribution >= 0.6 is 0 Å². The highest BCUT2D eigenvalue weighted by atomic mass is 16.7. The van der Waals surface area contributed by atoms with Gasteiger partial charge in [-0.05, 0) is 30.3 Å². The van der Waals surface area contributed by atoms with Gasteiger partial charge in [0.05, 0.1) is 6.61 Å². The smallest absolute Gasteiger partial charge is 0.231 e. The summed E-state index contributed by atoms with van der Waals surface area (Å²) in [6.45, 7) is 1.74. The number of fused-ring (bicyclic) bond motifs is 1. The maximum Gasteiger partial charge on any atom is 0.231 e. The molecule has 2 aromatic rings. The quantitative estimate of drug-likeness (QED) is 0.858. The highest BCUT2D eigenvalue weighted by Gasteiger charge is 2.16. The number of nitrogens with one attached hydrogen (secondary N) is 1.